The van der Waals surface area contributed by atoms with Gasteiger partial charge in [0.05, 0.1) is 12.0 Å². The smallest absolute Gasteiger partial charge is 0.306 e. The van der Waals surface area contributed by atoms with E-state index >= 15 is 0 Å². The predicted octanol–water partition coefficient (Wildman–Crippen LogP) is -0.406. The number of hydrogen-bond donors (Lipinski definition) is 3. The van der Waals surface area contributed by atoms with Crippen molar-refractivity contribution in [1.82, 2.24) is 5.32 Å². The van der Waals surface area contributed by atoms with Gasteiger partial charge in [0.15, 0.2) is 0 Å². The van der Waals surface area contributed by atoms with Crippen molar-refractivity contribution >= 4 is 11.9 Å². The maximum absolute atomic E-state index is 10.6. The Hall–Kier alpha value is -1.10. The molecule has 0 spiro atoms. The number of amides is 1. The first kappa shape index (κ1) is 11.0. The van der Waals surface area contributed by atoms with Gasteiger partial charge in [0, 0.05) is 19.4 Å². The summed E-state index contributed by atoms with van der Waals surface area (Å²) in [5.74, 6) is -1.62. The highest BCUT2D eigenvalue weighted by Crippen LogP contribution is 2.30. The molecule has 1 fully saturated rings. The molecule has 1 aliphatic rings. The molecule has 1 aliphatic carbocycles. The van der Waals surface area contributed by atoms with E-state index in [4.69, 9.17) is 5.11 Å². The first-order valence-corrected chi connectivity index (χ1v) is 4.66. The van der Waals surface area contributed by atoms with Gasteiger partial charge >= 0.3 is 5.97 Å². The maximum Gasteiger partial charge on any atom is 0.306 e. The number of hydrogen-bond acceptors (Lipinski definition) is 3. The van der Waals surface area contributed by atoms with Crippen LogP contribution in [0.5, 0.6) is 0 Å². The van der Waals surface area contributed by atoms with Gasteiger partial charge in [-0.3, -0.25) is 9.59 Å². The van der Waals surface area contributed by atoms with Gasteiger partial charge in [-0.05, 0) is 12.8 Å². The quantitative estimate of drug-likeness (QED) is 0.579. The van der Waals surface area contributed by atoms with E-state index in [-0.39, 0.29) is 11.8 Å². The van der Waals surface area contributed by atoms with Gasteiger partial charge in [0.2, 0.25) is 5.91 Å². The molecule has 1 rings (SSSR count). The number of carbonyl (C=O) groups excluding carboxylic acids is 1. The van der Waals surface area contributed by atoms with E-state index < -0.39 is 18.0 Å². The van der Waals surface area contributed by atoms with Gasteiger partial charge in [-0.1, -0.05) is 0 Å². The van der Waals surface area contributed by atoms with Crippen LogP contribution in [0, 0.1) is 11.8 Å². The summed E-state index contributed by atoms with van der Waals surface area (Å²) in [4.78, 5) is 21.2. The van der Waals surface area contributed by atoms with Crippen LogP contribution in [0.1, 0.15) is 19.8 Å². The van der Waals surface area contributed by atoms with Gasteiger partial charge in [-0.2, -0.15) is 0 Å². The topological polar surface area (TPSA) is 86.6 Å². The lowest BCUT2D eigenvalue weighted by atomic mass is 10.0. The Bertz CT molecular complexity index is 241. The molecule has 3 atom stereocenters. The molecule has 1 amide bonds. The fourth-order valence-electron chi connectivity index (χ4n) is 1.80. The highest BCUT2D eigenvalue weighted by Gasteiger charge is 2.36. The summed E-state index contributed by atoms with van der Waals surface area (Å²) in [6.07, 6.45) is 0.124. The van der Waals surface area contributed by atoms with E-state index in [9.17, 15) is 14.7 Å². The van der Waals surface area contributed by atoms with Crippen LogP contribution < -0.4 is 5.32 Å². The summed E-state index contributed by atoms with van der Waals surface area (Å²) in [6.45, 7) is 1.76. The lowest BCUT2D eigenvalue weighted by molar-refractivity contribution is -0.141. The normalized spacial score (nSPS) is 31.4. The number of aliphatic hydroxyl groups is 1. The van der Waals surface area contributed by atoms with Crippen molar-refractivity contribution < 1.29 is 19.8 Å². The SMILES string of the molecule is CC(=O)NC[C@H]1C[C@H](C(=O)O)C[C@H]1O. The van der Waals surface area contributed by atoms with E-state index in [0.29, 0.717) is 19.4 Å². The van der Waals surface area contributed by atoms with Crippen LogP contribution in [0.3, 0.4) is 0 Å². The molecule has 5 nitrogen and oxygen atoms in total. The van der Waals surface area contributed by atoms with Crippen molar-refractivity contribution in [2.24, 2.45) is 11.8 Å². The third-order valence-corrected chi connectivity index (χ3v) is 2.62. The molecule has 0 heterocycles. The minimum Gasteiger partial charge on any atom is -0.481 e. The molecule has 0 aromatic carbocycles. The zero-order valence-corrected chi connectivity index (χ0v) is 8.06. The Kier molecular flexibility index (Phi) is 3.46. The second-order valence-electron chi connectivity index (χ2n) is 3.77. The number of carboxylic acid groups (broad SMARTS) is 1. The molecule has 0 radical (unpaired) electrons. The van der Waals surface area contributed by atoms with E-state index in [2.05, 4.69) is 5.32 Å². The highest BCUT2D eigenvalue weighted by atomic mass is 16.4. The number of aliphatic hydroxyl groups excluding tert-OH is 1. The van der Waals surface area contributed by atoms with Crippen molar-refractivity contribution in [1.29, 1.82) is 0 Å². The third-order valence-electron chi connectivity index (χ3n) is 2.62. The number of aliphatic carboxylic acids is 1. The van der Waals surface area contributed by atoms with Crippen molar-refractivity contribution in [3.8, 4) is 0 Å². The Labute approximate surface area is 82.1 Å². The fraction of sp³-hybridized carbons (Fsp3) is 0.778. The van der Waals surface area contributed by atoms with Gasteiger partial charge in [-0.15, -0.1) is 0 Å². The average Bonchev–Trinajstić information content (AvgIpc) is 2.43. The Morgan fingerprint density at radius 1 is 1.43 bits per heavy atom. The molecular weight excluding hydrogens is 186 g/mol. The lowest BCUT2D eigenvalue weighted by Gasteiger charge is -2.13. The van der Waals surface area contributed by atoms with Crippen LogP contribution >= 0.6 is 0 Å². The first-order chi connectivity index (χ1) is 6.50. The standard InChI is InChI=1S/C9H15NO4/c1-5(11)10-4-7-2-6(9(13)14)3-8(7)12/h6-8,12H,2-4H2,1H3,(H,10,11)(H,13,14)/t6-,7+,8+/m0/s1. The number of carboxylic acids is 1. The van der Waals surface area contributed by atoms with Crippen LogP contribution in [-0.2, 0) is 9.59 Å². The Morgan fingerprint density at radius 3 is 2.50 bits per heavy atom. The Morgan fingerprint density at radius 2 is 2.07 bits per heavy atom. The third kappa shape index (κ3) is 2.70. The molecule has 0 aromatic rings. The molecule has 1 saturated carbocycles. The highest BCUT2D eigenvalue weighted by molar-refractivity contribution is 5.73. The van der Waals surface area contributed by atoms with Crippen molar-refractivity contribution in [3.05, 3.63) is 0 Å². The molecule has 0 unspecified atom stereocenters. The van der Waals surface area contributed by atoms with E-state index in [1.54, 1.807) is 0 Å². The fourth-order valence-corrected chi connectivity index (χ4v) is 1.80. The zero-order chi connectivity index (χ0) is 10.7. The average molecular weight is 201 g/mol. The van der Waals surface area contributed by atoms with Gasteiger partial charge in [0.1, 0.15) is 0 Å². The molecule has 80 valence electrons. The minimum atomic E-state index is -0.866. The number of nitrogens with one attached hydrogen (secondary N) is 1. The van der Waals surface area contributed by atoms with Crippen molar-refractivity contribution in [2.75, 3.05) is 6.54 Å². The summed E-state index contributed by atoms with van der Waals surface area (Å²) in [5.41, 5.74) is 0. The summed E-state index contributed by atoms with van der Waals surface area (Å²) in [5, 5.41) is 20.8. The van der Waals surface area contributed by atoms with E-state index in [1.165, 1.54) is 6.92 Å². The predicted molar refractivity (Wildman–Crippen MR) is 48.5 cm³/mol. The van der Waals surface area contributed by atoms with Crippen LogP contribution in [-0.4, -0.2) is 34.7 Å². The minimum absolute atomic E-state index is 0.125. The summed E-state index contributed by atoms with van der Waals surface area (Å²) < 4.78 is 0. The van der Waals surface area contributed by atoms with Crippen molar-refractivity contribution in [3.63, 3.8) is 0 Å². The van der Waals surface area contributed by atoms with Crippen LogP contribution in [0.25, 0.3) is 0 Å². The number of carbonyl (C=O) groups is 2. The molecule has 14 heavy (non-hydrogen) atoms. The van der Waals surface area contributed by atoms with Crippen LogP contribution in [0.15, 0.2) is 0 Å². The van der Waals surface area contributed by atoms with Gasteiger partial charge in [-0.25, -0.2) is 0 Å². The molecular formula is C9H15NO4. The summed E-state index contributed by atoms with van der Waals surface area (Å²) >= 11 is 0. The van der Waals surface area contributed by atoms with Crippen molar-refractivity contribution in [2.45, 2.75) is 25.9 Å². The van der Waals surface area contributed by atoms with Crippen LogP contribution in [0.2, 0.25) is 0 Å². The lowest BCUT2D eigenvalue weighted by Crippen LogP contribution is -2.30. The largest absolute Gasteiger partial charge is 0.481 e. The molecule has 0 saturated heterocycles. The summed E-state index contributed by atoms with van der Waals surface area (Å²) in [7, 11) is 0. The number of rotatable bonds is 3. The Balaban J connectivity index is 2.40. The summed E-state index contributed by atoms with van der Waals surface area (Å²) in [6, 6.07) is 0. The molecule has 5 heteroatoms. The zero-order valence-electron chi connectivity index (χ0n) is 8.06. The second kappa shape index (κ2) is 4.41. The molecule has 3 N–H and O–H groups in total. The van der Waals surface area contributed by atoms with E-state index in [1.807, 2.05) is 0 Å². The van der Waals surface area contributed by atoms with Crippen LogP contribution in [0.4, 0.5) is 0 Å². The maximum atomic E-state index is 10.6. The van der Waals surface area contributed by atoms with Gasteiger partial charge < -0.3 is 15.5 Å². The van der Waals surface area contributed by atoms with Gasteiger partial charge in [0.25, 0.3) is 0 Å². The monoisotopic (exact) mass is 201 g/mol. The molecule has 0 aromatic heterocycles. The second-order valence-corrected chi connectivity index (χ2v) is 3.77. The van der Waals surface area contributed by atoms with E-state index in [0.717, 1.165) is 0 Å². The first-order valence-electron chi connectivity index (χ1n) is 4.66. The molecule has 0 aliphatic heterocycles. The molecule has 0 bridgehead atoms.